The molecule has 1 atom stereocenters. The molecule has 4 heteroatoms. The Bertz CT molecular complexity index is 381. The first-order chi connectivity index (χ1) is 7.52. The number of hydrogen-bond acceptors (Lipinski definition) is 2. The first kappa shape index (κ1) is 12.2. The van der Waals surface area contributed by atoms with Crippen molar-refractivity contribution in [3.63, 3.8) is 0 Å². The van der Waals surface area contributed by atoms with Crippen molar-refractivity contribution in [1.82, 2.24) is 5.32 Å². The van der Waals surface area contributed by atoms with Crippen LogP contribution in [0, 0.1) is 13.8 Å². The van der Waals surface area contributed by atoms with Crippen molar-refractivity contribution in [3.8, 4) is 0 Å². The van der Waals surface area contributed by atoms with Crippen LogP contribution in [0.3, 0.4) is 0 Å². The molecule has 0 aliphatic rings. The highest BCUT2D eigenvalue weighted by atomic mass is 16.4. The molecule has 1 rings (SSSR count). The largest absolute Gasteiger partial charge is 0.481 e. The van der Waals surface area contributed by atoms with Crippen molar-refractivity contribution in [1.29, 1.82) is 0 Å². The standard InChI is InChI=1S/C12H15NO3/c1-8-3-9(2)5-10(4-8)11(13-7-14)6-12(15)16/h3-5,7,11H,6H2,1-2H3,(H,13,14)(H,15,16)/t11-/m1/s1. The minimum Gasteiger partial charge on any atom is -0.481 e. The molecule has 0 heterocycles. The summed E-state index contributed by atoms with van der Waals surface area (Å²) in [5, 5.41) is 11.3. The van der Waals surface area contributed by atoms with E-state index in [4.69, 9.17) is 5.11 Å². The Morgan fingerprint density at radius 2 is 1.94 bits per heavy atom. The monoisotopic (exact) mass is 221 g/mol. The minimum atomic E-state index is -0.932. The van der Waals surface area contributed by atoms with E-state index in [0.29, 0.717) is 6.41 Å². The van der Waals surface area contributed by atoms with Gasteiger partial charge in [0.05, 0.1) is 12.5 Å². The van der Waals surface area contributed by atoms with E-state index in [9.17, 15) is 9.59 Å². The maximum absolute atomic E-state index is 10.7. The van der Waals surface area contributed by atoms with E-state index in [1.165, 1.54) is 0 Å². The molecule has 1 aromatic rings. The van der Waals surface area contributed by atoms with E-state index in [2.05, 4.69) is 5.32 Å². The smallest absolute Gasteiger partial charge is 0.305 e. The van der Waals surface area contributed by atoms with Crippen LogP contribution in [0.5, 0.6) is 0 Å². The molecule has 4 nitrogen and oxygen atoms in total. The second-order valence-corrected chi connectivity index (χ2v) is 3.86. The van der Waals surface area contributed by atoms with Crippen molar-refractivity contribution in [2.24, 2.45) is 0 Å². The van der Waals surface area contributed by atoms with Gasteiger partial charge in [-0.2, -0.15) is 0 Å². The fraction of sp³-hybridized carbons (Fsp3) is 0.333. The average Bonchev–Trinajstić information content (AvgIpc) is 2.14. The highest BCUT2D eigenvalue weighted by molar-refractivity contribution is 5.68. The molecule has 0 spiro atoms. The molecule has 16 heavy (non-hydrogen) atoms. The Morgan fingerprint density at radius 3 is 2.38 bits per heavy atom. The van der Waals surface area contributed by atoms with Crippen LogP contribution in [0.1, 0.15) is 29.2 Å². The van der Waals surface area contributed by atoms with E-state index in [-0.39, 0.29) is 6.42 Å². The number of carbonyl (C=O) groups is 2. The molecule has 0 radical (unpaired) electrons. The molecule has 0 bridgehead atoms. The van der Waals surface area contributed by atoms with Crippen molar-refractivity contribution in [3.05, 3.63) is 34.9 Å². The van der Waals surface area contributed by atoms with Gasteiger partial charge in [0, 0.05) is 0 Å². The zero-order chi connectivity index (χ0) is 12.1. The Labute approximate surface area is 94.3 Å². The minimum absolute atomic E-state index is 0.109. The molecular formula is C12H15NO3. The Balaban J connectivity index is 2.99. The van der Waals surface area contributed by atoms with Crippen LogP contribution in [-0.4, -0.2) is 17.5 Å². The molecule has 86 valence electrons. The van der Waals surface area contributed by atoms with Crippen molar-refractivity contribution in [2.75, 3.05) is 0 Å². The van der Waals surface area contributed by atoms with Gasteiger partial charge in [-0.3, -0.25) is 9.59 Å². The van der Waals surface area contributed by atoms with Gasteiger partial charge >= 0.3 is 5.97 Å². The summed E-state index contributed by atoms with van der Waals surface area (Å²) < 4.78 is 0. The summed E-state index contributed by atoms with van der Waals surface area (Å²) in [7, 11) is 0. The molecular weight excluding hydrogens is 206 g/mol. The van der Waals surface area contributed by atoms with Gasteiger partial charge in [0.2, 0.25) is 6.41 Å². The third-order valence-electron chi connectivity index (χ3n) is 2.29. The normalized spacial score (nSPS) is 11.9. The van der Waals surface area contributed by atoms with Crippen molar-refractivity contribution >= 4 is 12.4 Å². The van der Waals surface area contributed by atoms with Crippen LogP contribution in [0.2, 0.25) is 0 Å². The second-order valence-electron chi connectivity index (χ2n) is 3.86. The number of aryl methyl sites for hydroxylation is 2. The Kier molecular flexibility index (Phi) is 4.05. The predicted molar refractivity (Wildman–Crippen MR) is 60.1 cm³/mol. The van der Waals surface area contributed by atoms with Crippen molar-refractivity contribution in [2.45, 2.75) is 26.3 Å². The van der Waals surface area contributed by atoms with Crippen LogP contribution < -0.4 is 5.32 Å². The number of carbonyl (C=O) groups excluding carboxylic acids is 1. The summed E-state index contributed by atoms with van der Waals surface area (Å²) in [5.74, 6) is -0.932. The first-order valence-corrected chi connectivity index (χ1v) is 5.02. The number of benzene rings is 1. The van der Waals surface area contributed by atoms with Gasteiger partial charge in [-0.1, -0.05) is 29.3 Å². The molecule has 0 unspecified atom stereocenters. The van der Waals surface area contributed by atoms with Crippen LogP contribution in [0.25, 0.3) is 0 Å². The maximum Gasteiger partial charge on any atom is 0.305 e. The lowest BCUT2D eigenvalue weighted by Gasteiger charge is -2.15. The third-order valence-corrected chi connectivity index (χ3v) is 2.29. The summed E-state index contributed by atoms with van der Waals surface area (Å²) in [6, 6.07) is 5.31. The Morgan fingerprint density at radius 1 is 1.38 bits per heavy atom. The first-order valence-electron chi connectivity index (χ1n) is 5.02. The molecule has 0 fully saturated rings. The Hall–Kier alpha value is -1.84. The maximum atomic E-state index is 10.7. The fourth-order valence-corrected chi connectivity index (χ4v) is 1.74. The zero-order valence-electron chi connectivity index (χ0n) is 9.36. The van der Waals surface area contributed by atoms with Gasteiger partial charge in [-0.05, 0) is 19.4 Å². The van der Waals surface area contributed by atoms with Crippen LogP contribution in [0.4, 0.5) is 0 Å². The van der Waals surface area contributed by atoms with Gasteiger partial charge in [-0.25, -0.2) is 0 Å². The quantitative estimate of drug-likeness (QED) is 0.741. The van der Waals surface area contributed by atoms with E-state index in [0.717, 1.165) is 16.7 Å². The molecule has 0 saturated heterocycles. The number of amides is 1. The van der Waals surface area contributed by atoms with Gasteiger partial charge in [0.1, 0.15) is 0 Å². The van der Waals surface area contributed by atoms with Crippen LogP contribution >= 0.6 is 0 Å². The number of rotatable bonds is 5. The summed E-state index contributed by atoms with van der Waals surface area (Å²) in [4.78, 5) is 21.1. The summed E-state index contributed by atoms with van der Waals surface area (Å²) >= 11 is 0. The van der Waals surface area contributed by atoms with Crippen LogP contribution in [0.15, 0.2) is 18.2 Å². The predicted octanol–water partition coefficient (Wildman–Crippen LogP) is 1.57. The molecule has 1 amide bonds. The van der Waals surface area contributed by atoms with Gasteiger partial charge in [-0.15, -0.1) is 0 Å². The molecule has 0 aliphatic heterocycles. The number of aliphatic carboxylic acids is 1. The van der Waals surface area contributed by atoms with Gasteiger partial charge < -0.3 is 10.4 Å². The van der Waals surface area contributed by atoms with Gasteiger partial charge in [0.25, 0.3) is 0 Å². The lowest BCUT2D eigenvalue weighted by Crippen LogP contribution is -2.22. The SMILES string of the molecule is Cc1cc(C)cc([C@@H](CC(=O)O)NC=O)c1. The number of carboxylic acid groups (broad SMARTS) is 1. The molecule has 0 aliphatic carbocycles. The van der Waals surface area contributed by atoms with Gasteiger partial charge in [0.15, 0.2) is 0 Å². The van der Waals surface area contributed by atoms with Crippen molar-refractivity contribution < 1.29 is 14.7 Å². The number of hydrogen-bond donors (Lipinski definition) is 2. The lowest BCUT2D eigenvalue weighted by atomic mass is 9.99. The topological polar surface area (TPSA) is 66.4 Å². The molecule has 2 N–H and O–H groups in total. The summed E-state index contributed by atoms with van der Waals surface area (Å²) in [5.41, 5.74) is 2.93. The summed E-state index contributed by atoms with van der Waals surface area (Å²) in [6.07, 6.45) is 0.424. The average molecular weight is 221 g/mol. The fourth-order valence-electron chi connectivity index (χ4n) is 1.74. The van der Waals surface area contributed by atoms with E-state index < -0.39 is 12.0 Å². The number of carboxylic acids is 1. The third kappa shape index (κ3) is 3.38. The van der Waals surface area contributed by atoms with Crippen LogP contribution in [-0.2, 0) is 9.59 Å². The zero-order valence-corrected chi connectivity index (χ0v) is 9.36. The van der Waals surface area contributed by atoms with E-state index in [1.807, 2.05) is 32.0 Å². The molecule has 0 saturated carbocycles. The summed E-state index contributed by atoms with van der Waals surface area (Å²) in [6.45, 7) is 3.88. The lowest BCUT2D eigenvalue weighted by molar-refractivity contribution is -0.137. The highest BCUT2D eigenvalue weighted by Gasteiger charge is 2.14. The highest BCUT2D eigenvalue weighted by Crippen LogP contribution is 2.19. The number of nitrogens with one attached hydrogen (secondary N) is 1. The second kappa shape index (κ2) is 5.30. The van der Waals surface area contributed by atoms with E-state index in [1.54, 1.807) is 0 Å². The molecule has 0 aromatic heterocycles. The molecule has 1 aromatic carbocycles. The van der Waals surface area contributed by atoms with E-state index >= 15 is 0 Å².